The van der Waals surface area contributed by atoms with Gasteiger partial charge in [0.25, 0.3) is 0 Å². The second-order valence-corrected chi connectivity index (χ2v) is 7.46. The van der Waals surface area contributed by atoms with Crippen molar-refractivity contribution >= 4 is 5.91 Å². The zero-order valence-electron chi connectivity index (χ0n) is 14.0. The van der Waals surface area contributed by atoms with E-state index < -0.39 is 5.60 Å². The van der Waals surface area contributed by atoms with Gasteiger partial charge in [-0.3, -0.25) is 9.69 Å². The molecule has 21 heavy (non-hydrogen) atoms. The number of carbonyl (C=O) groups excluding carboxylic acids is 1. The molecule has 1 amide bonds. The third kappa shape index (κ3) is 4.68. The maximum atomic E-state index is 12.7. The van der Waals surface area contributed by atoms with Crippen LogP contribution in [-0.2, 0) is 4.79 Å². The summed E-state index contributed by atoms with van der Waals surface area (Å²) in [5.74, 6) is 0.999. The van der Waals surface area contributed by atoms with Gasteiger partial charge in [-0.2, -0.15) is 0 Å². The molecule has 122 valence electrons. The molecule has 0 bridgehead atoms. The molecule has 1 N–H and O–H groups in total. The third-order valence-electron chi connectivity index (χ3n) is 4.98. The zero-order chi connectivity index (χ0) is 15.5. The highest BCUT2D eigenvalue weighted by Crippen LogP contribution is 2.35. The molecule has 2 rings (SSSR count). The Balaban J connectivity index is 1.94. The van der Waals surface area contributed by atoms with Crippen LogP contribution in [0, 0.1) is 5.92 Å². The minimum absolute atomic E-state index is 0.262. The minimum atomic E-state index is -0.744. The third-order valence-corrected chi connectivity index (χ3v) is 4.98. The van der Waals surface area contributed by atoms with Crippen molar-refractivity contribution in [2.75, 3.05) is 26.2 Å². The predicted octanol–water partition coefficient (Wildman–Crippen LogP) is 2.26. The first-order chi connectivity index (χ1) is 9.90. The molecule has 1 saturated carbocycles. The van der Waals surface area contributed by atoms with E-state index in [-0.39, 0.29) is 5.91 Å². The first kappa shape index (κ1) is 16.8. The summed E-state index contributed by atoms with van der Waals surface area (Å²) < 4.78 is 0. The fourth-order valence-electron chi connectivity index (χ4n) is 4.04. The molecule has 4 nitrogen and oxygen atoms in total. The second-order valence-electron chi connectivity index (χ2n) is 7.46. The van der Waals surface area contributed by atoms with E-state index in [1.165, 1.54) is 32.1 Å². The van der Waals surface area contributed by atoms with Crippen LogP contribution >= 0.6 is 0 Å². The molecule has 1 aliphatic carbocycles. The lowest BCUT2D eigenvalue weighted by molar-refractivity contribution is -0.139. The second kappa shape index (κ2) is 7.10. The summed E-state index contributed by atoms with van der Waals surface area (Å²) in [4.78, 5) is 16.9. The zero-order valence-corrected chi connectivity index (χ0v) is 14.0. The lowest BCUT2D eigenvalue weighted by Crippen LogP contribution is -2.53. The maximum absolute atomic E-state index is 12.7. The van der Waals surface area contributed by atoms with E-state index >= 15 is 0 Å². The van der Waals surface area contributed by atoms with Crippen LogP contribution in [0.15, 0.2) is 0 Å². The van der Waals surface area contributed by atoms with Gasteiger partial charge < -0.3 is 10.0 Å². The van der Waals surface area contributed by atoms with Gasteiger partial charge >= 0.3 is 0 Å². The summed E-state index contributed by atoms with van der Waals surface area (Å²) in [7, 11) is 0. The molecule has 2 aliphatic rings. The molecular weight excluding hydrogens is 264 g/mol. The highest BCUT2D eigenvalue weighted by atomic mass is 16.3. The van der Waals surface area contributed by atoms with Crippen LogP contribution in [0.25, 0.3) is 0 Å². The van der Waals surface area contributed by atoms with E-state index in [1.54, 1.807) is 13.8 Å². The summed E-state index contributed by atoms with van der Waals surface area (Å²) >= 11 is 0. The van der Waals surface area contributed by atoms with Crippen molar-refractivity contribution in [1.82, 2.24) is 9.80 Å². The van der Waals surface area contributed by atoms with Crippen LogP contribution in [-0.4, -0.2) is 58.6 Å². The van der Waals surface area contributed by atoms with E-state index in [4.69, 9.17) is 0 Å². The average Bonchev–Trinajstić information content (AvgIpc) is 2.44. The Morgan fingerprint density at radius 2 is 1.90 bits per heavy atom. The quantitative estimate of drug-likeness (QED) is 0.846. The summed E-state index contributed by atoms with van der Waals surface area (Å²) in [5.41, 5.74) is -0.744. The van der Waals surface area contributed by atoms with Gasteiger partial charge in [0.2, 0.25) is 5.91 Å². The molecule has 4 heteroatoms. The first-order valence-corrected chi connectivity index (χ1v) is 8.65. The van der Waals surface area contributed by atoms with Crippen LogP contribution in [0.5, 0.6) is 0 Å². The van der Waals surface area contributed by atoms with Gasteiger partial charge in [-0.15, -0.1) is 0 Å². The van der Waals surface area contributed by atoms with Crippen LogP contribution < -0.4 is 0 Å². The highest BCUT2D eigenvalue weighted by molar-refractivity contribution is 5.78. The number of hydrogen-bond acceptors (Lipinski definition) is 3. The highest BCUT2D eigenvalue weighted by Gasteiger charge is 2.36. The molecule has 2 unspecified atom stereocenters. The number of likely N-dealkylation sites (N-methyl/N-ethyl adjacent to an activating group) is 1. The molecule has 0 spiro atoms. The Kier molecular flexibility index (Phi) is 5.67. The van der Waals surface area contributed by atoms with Crippen molar-refractivity contribution in [3.63, 3.8) is 0 Å². The van der Waals surface area contributed by atoms with E-state index in [0.29, 0.717) is 19.1 Å². The number of carbonyl (C=O) groups is 1. The minimum Gasteiger partial charge on any atom is -0.389 e. The van der Waals surface area contributed by atoms with E-state index in [1.807, 2.05) is 0 Å². The molecule has 1 aliphatic heterocycles. The van der Waals surface area contributed by atoms with Gasteiger partial charge in [0.05, 0.1) is 12.1 Å². The number of amides is 1. The topological polar surface area (TPSA) is 43.8 Å². The predicted molar refractivity (Wildman–Crippen MR) is 85.1 cm³/mol. The molecule has 1 saturated heterocycles. The Hall–Kier alpha value is -0.610. The van der Waals surface area contributed by atoms with Crippen molar-refractivity contribution in [3.8, 4) is 0 Å². The fourth-order valence-corrected chi connectivity index (χ4v) is 4.04. The van der Waals surface area contributed by atoms with E-state index in [0.717, 1.165) is 25.4 Å². The molecule has 1 heterocycles. The monoisotopic (exact) mass is 296 g/mol. The van der Waals surface area contributed by atoms with Crippen molar-refractivity contribution in [3.05, 3.63) is 0 Å². The van der Waals surface area contributed by atoms with Crippen molar-refractivity contribution < 1.29 is 9.90 Å². The van der Waals surface area contributed by atoms with Crippen LogP contribution in [0.4, 0.5) is 0 Å². The summed E-state index contributed by atoms with van der Waals surface area (Å²) in [6.07, 6.45) is 7.55. The number of hydrogen-bond donors (Lipinski definition) is 1. The van der Waals surface area contributed by atoms with Crippen LogP contribution in [0.2, 0.25) is 0 Å². The van der Waals surface area contributed by atoms with Gasteiger partial charge in [0, 0.05) is 19.1 Å². The largest absolute Gasteiger partial charge is 0.389 e. The Bertz CT molecular complexity index is 349. The van der Waals surface area contributed by atoms with Gasteiger partial charge in [-0.25, -0.2) is 0 Å². The molecule has 0 radical (unpaired) electrons. The van der Waals surface area contributed by atoms with E-state index in [2.05, 4.69) is 16.7 Å². The Labute approximate surface area is 129 Å². The molecule has 0 aromatic carbocycles. The molecular formula is C17H32N2O2. The number of aliphatic hydroxyl groups is 1. The summed E-state index contributed by atoms with van der Waals surface area (Å²) in [5, 5.41) is 9.96. The summed E-state index contributed by atoms with van der Waals surface area (Å²) in [6, 6.07) is 0.487. The maximum Gasteiger partial charge on any atom is 0.237 e. The SMILES string of the molecule is CCN(CC(=O)N1CCCC2CCCCC21)CC(C)(C)O. The average molecular weight is 296 g/mol. The number of piperidine rings is 1. The standard InChI is InChI=1S/C17H32N2O2/c1-4-18(13-17(2,3)21)12-16(20)19-11-7-9-14-8-5-6-10-15(14)19/h14-15,21H,4-13H2,1-3H3. The van der Waals surface area contributed by atoms with Gasteiger partial charge in [-0.1, -0.05) is 19.8 Å². The molecule has 0 aromatic rings. The number of rotatable bonds is 5. The van der Waals surface area contributed by atoms with Crippen molar-refractivity contribution in [2.24, 2.45) is 5.92 Å². The van der Waals surface area contributed by atoms with Crippen molar-refractivity contribution in [1.29, 1.82) is 0 Å². The Morgan fingerprint density at radius 3 is 2.57 bits per heavy atom. The molecule has 0 aromatic heterocycles. The normalized spacial score (nSPS) is 26.8. The smallest absolute Gasteiger partial charge is 0.237 e. The lowest BCUT2D eigenvalue weighted by atomic mass is 9.78. The van der Waals surface area contributed by atoms with Gasteiger partial charge in [0.15, 0.2) is 0 Å². The van der Waals surface area contributed by atoms with Crippen LogP contribution in [0.3, 0.4) is 0 Å². The number of fused-ring (bicyclic) bond motifs is 1. The number of likely N-dealkylation sites (tertiary alicyclic amines) is 1. The van der Waals surface area contributed by atoms with E-state index in [9.17, 15) is 9.90 Å². The number of nitrogens with zero attached hydrogens (tertiary/aromatic N) is 2. The van der Waals surface area contributed by atoms with Gasteiger partial charge in [0.1, 0.15) is 0 Å². The molecule has 2 fully saturated rings. The van der Waals surface area contributed by atoms with Crippen LogP contribution in [0.1, 0.15) is 59.3 Å². The van der Waals surface area contributed by atoms with Gasteiger partial charge in [-0.05, 0) is 52.0 Å². The lowest BCUT2D eigenvalue weighted by Gasteiger charge is -2.44. The molecule has 2 atom stereocenters. The first-order valence-electron chi connectivity index (χ1n) is 8.65. The fraction of sp³-hybridized carbons (Fsp3) is 0.941. The summed E-state index contributed by atoms with van der Waals surface area (Å²) in [6.45, 7) is 8.40. The van der Waals surface area contributed by atoms with Crippen molar-refractivity contribution in [2.45, 2.75) is 70.9 Å². The Morgan fingerprint density at radius 1 is 1.24 bits per heavy atom.